The van der Waals surface area contributed by atoms with Crippen LogP contribution in [0.3, 0.4) is 0 Å². The van der Waals surface area contributed by atoms with E-state index in [2.05, 4.69) is 20.4 Å². The van der Waals surface area contributed by atoms with Crippen molar-refractivity contribution in [3.05, 3.63) is 5.82 Å². The summed E-state index contributed by atoms with van der Waals surface area (Å²) < 4.78 is 12.8. The smallest absolute Gasteiger partial charge is 0.165 e. The van der Waals surface area contributed by atoms with Crippen molar-refractivity contribution in [3.63, 3.8) is 0 Å². The zero-order chi connectivity index (χ0) is 16.1. The lowest BCUT2D eigenvalue weighted by atomic mass is 10.0. The molecule has 2 aliphatic heterocycles. The monoisotopic (exact) mass is 327 g/mol. The quantitative estimate of drug-likeness (QED) is 0.661. The molecule has 0 spiro atoms. The van der Waals surface area contributed by atoms with Crippen LogP contribution >= 0.6 is 0 Å². The summed E-state index contributed by atoms with van der Waals surface area (Å²) in [6.45, 7) is 4.12. The predicted molar refractivity (Wildman–Crippen MR) is 79.5 cm³/mol. The Hall–Kier alpha value is -1.13. The van der Waals surface area contributed by atoms with Crippen LogP contribution in [0.1, 0.15) is 18.7 Å². The van der Waals surface area contributed by atoms with Crippen LogP contribution in [0, 0.1) is 5.92 Å². The summed E-state index contributed by atoms with van der Waals surface area (Å²) >= 11 is 0. The zero-order valence-electron chi connectivity index (χ0n) is 13.3. The van der Waals surface area contributed by atoms with E-state index in [9.17, 15) is 10.2 Å². The lowest BCUT2D eigenvalue weighted by Gasteiger charge is -2.36. The van der Waals surface area contributed by atoms with E-state index in [4.69, 9.17) is 9.47 Å². The van der Waals surface area contributed by atoms with E-state index in [1.807, 2.05) is 4.68 Å². The lowest BCUT2D eigenvalue weighted by molar-refractivity contribution is -0.120. The highest BCUT2D eigenvalue weighted by atomic mass is 16.5. The van der Waals surface area contributed by atoms with E-state index in [1.165, 1.54) is 0 Å². The van der Waals surface area contributed by atoms with Crippen molar-refractivity contribution in [2.75, 3.05) is 39.5 Å². The molecular weight excluding hydrogens is 302 g/mol. The Balaban J connectivity index is 1.60. The van der Waals surface area contributed by atoms with Gasteiger partial charge in [0, 0.05) is 32.8 Å². The molecule has 0 amide bonds. The molecule has 23 heavy (non-hydrogen) atoms. The van der Waals surface area contributed by atoms with Crippen molar-refractivity contribution in [2.45, 2.75) is 38.1 Å². The fraction of sp³-hybridized carbons (Fsp3) is 0.929. The molecular formula is C14H25N5O4. The molecule has 0 aliphatic carbocycles. The third kappa shape index (κ3) is 4.45. The maximum atomic E-state index is 9.33. The van der Waals surface area contributed by atoms with Gasteiger partial charge in [0.1, 0.15) is 0 Å². The predicted octanol–water partition coefficient (Wildman–Crippen LogP) is -1.35. The summed E-state index contributed by atoms with van der Waals surface area (Å²) in [5, 5.41) is 30.7. The minimum absolute atomic E-state index is 0.0555. The minimum Gasteiger partial charge on any atom is -0.394 e. The SMILES string of the molecule is OC[C@@H]1CN(Cc2nnnn2CC2CCOCC2)C[C@H](CO)O1. The fourth-order valence-electron chi connectivity index (χ4n) is 3.19. The Kier molecular flexibility index (Phi) is 5.90. The van der Waals surface area contributed by atoms with Crippen LogP contribution in [0.4, 0.5) is 0 Å². The Morgan fingerprint density at radius 3 is 2.43 bits per heavy atom. The first-order valence-electron chi connectivity index (χ1n) is 8.20. The normalized spacial score (nSPS) is 27.4. The average molecular weight is 327 g/mol. The molecule has 130 valence electrons. The maximum absolute atomic E-state index is 9.33. The molecule has 0 saturated carbocycles. The Morgan fingerprint density at radius 2 is 1.78 bits per heavy atom. The summed E-state index contributed by atoms with van der Waals surface area (Å²) in [7, 11) is 0. The van der Waals surface area contributed by atoms with Gasteiger partial charge in [-0.2, -0.15) is 0 Å². The third-order valence-corrected chi connectivity index (χ3v) is 4.46. The molecule has 0 radical (unpaired) electrons. The van der Waals surface area contributed by atoms with Crippen molar-refractivity contribution >= 4 is 0 Å². The standard InChI is InChI=1S/C14H25N5O4/c20-9-12-6-18(7-13(10-21)23-12)8-14-15-16-17-19(14)5-11-1-3-22-4-2-11/h11-13,20-21H,1-10H2/t12-,13+. The number of ether oxygens (including phenoxy) is 2. The van der Waals surface area contributed by atoms with E-state index in [0.29, 0.717) is 25.6 Å². The Morgan fingerprint density at radius 1 is 1.09 bits per heavy atom. The van der Waals surface area contributed by atoms with Gasteiger partial charge in [0.05, 0.1) is 32.0 Å². The van der Waals surface area contributed by atoms with Crippen LogP contribution < -0.4 is 0 Å². The number of aliphatic hydroxyl groups excluding tert-OH is 2. The van der Waals surface area contributed by atoms with Crippen LogP contribution in [-0.4, -0.2) is 87.0 Å². The fourth-order valence-corrected chi connectivity index (χ4v) is 3.19. The third-order valence-electron chi connectivity index (χ3n) is 4.46. The zero-order valence-corrected chi connectivity index (χ0v) is 13.3. The molecule has 0 aromatic carbocycles. The topological polar surface area (TPSA) is 106 Å². The Bertz CT molecular complexity index is 467. The van der Waals surface area contributed by atoms with E-state index >= 15 is 0 Å². The number of hydrogen-bond donors (Lipinski definition) is 2. The molecule has 3 rings (SSSR count). The minimum atomic E-state index is -0.277. The van der Waals surface area contributed by atoms with Crippen molar-refractivity contribution in [3.8, 4) is 0 Å². The first kappa shape index (κ1) is 16.7. The van der Waals surface area contributed by atoms with Gasteiger partial charge in [-0.05, 0) is 29.2 Å². The average Bonchev–Trinajstić information content (AvgIpc) is 3.02. The van der Waals surface area contributed by atoms with Crippen LogP contribution in [0.5, 0.6) is 0 Å². The number of aromatic nitrogens is 4. The molecule has 1 aromatic rings. The summed E-state index contributed by atoms with van der Waals surface area (Å²) in [5.41, 5.74) is 0. The molecule has 9 nitrogen and oxygen atoms in total. The number of hydrogen-bond acceptors (Lipinski definition) is 8. The highest BCUT2D eigenvalue weighted by molar-refractivity contribution is 4.86. The molecule has 2 N–H and O–H groups in total. The van der Waals surface area contributed by atoms with Crippen LogP contribution in [0.15, 0.2) is 0 Å². The summed E-state index contributed by atoms with van der Waals surface area (Å²) in [5.74, 6) is 1.36. The molecule has 2 aliphatic rings. The van der Waals surface area contributed by atoms with Gasteiger partial charge in [-0.25, -0.2) is 4.68 Å². The van der Waals surface area contributed by atoms with Crippen LogP contribution in [0.2, 0.25) is 0 Å². The van der Waals surface area contributed by atoms with E-state index in [-0.39, 0.29) is 25.4 Å². The van der Waals surface area contributed by atoms with E-state index in [1.54, 1.807) is 0 Å². The second-order valence-electron chi connectivity index (χ2n) is 6.27. The lowest BCUT2D eigenvalue weighted by Crippen LogP contribution is -2.50. The van der Waals surface area contributed by atoms with Crippen LogP contribution in [0.25, 0.3) is 0 Å². The molecule has 2 fully saturated rings. The second-order valence-corrected chi connectivity index (χ2v) is 6.27. The van der Waals surface area contributed by atoms with Crippen molar-refractivity contribution in [2.24, 2.45) is 5.92 Å². The second kappa shape index (κ2) is 8.11. The van der Waals surface area contributed by atoms with Gasteiger partial charge < -0.3 is 19.7 Å². The molecule has 0 unspecified atom stereocenters. The van der Waals surface area contributed by atoms with Gasteiger partial charge in [0.25, 0.3) is 0 Å². The van der Waals surface area contributed by atoms with Gasteiger partial charge in [0.2, 0.25) is 0 Å². The van der Waals surface area contributed by atoms with Gasteiger partial charge in [0.15, 0.2) is 5.82 Å². The Labute approximate surface area is 135 Å². The summed E-state index contributed by atoms with van der Waals surface area (Å²) in [4.78, 5) is 2.12. The van der Waals surface area contributed by atoms with Gasteiger partial charge >= 0.3 is 0 Å². The highest BCUT2D eigenvalue weighted by Crippen LogP contribution is 2.18. The molecule has 1 aromatic heterocycles. The number of nitrogens with zero attached hydrogens (tertiary/aromatic N) is 5. The van der Waals surface area contributed by atoms with Gasteiger partial charge in [-0.3, -0.25) is 4.90 Å². The summed E-state index contributed by atoms with van der Waals surface area (Å²) in [6.07, 6.45) is 1.52. The van der Waals surface area contributed by atoms with Gasteiger partial charge in [-0.15, -0.1) is 5.10 Å². The molecule has 3 heterocycles. The van der Waals surface area contributed by atoms with E-state index < -0.39 is 0 Å². The molecule has 2 atom stereocenters. The van der Waals surface area contributed by atoms with Crippen molar-refractivity contribution in [1.29, 1.82) is 0 Å². The maximum Gasteiger partial charge on any atom is 0.165 e. The highest BCUT2D eigenvalue weighted by Gasteiger charge is 2.28. The number of rotatable bonds is 6. The largest absolute Gasteiger partial charge is 0.394 e. The summed E-state index contributed by atoms with van der Waals surface area (Å²) in [6, 6.07) is 0. The number of tetrazole rings is 1. The molecule has 0 bridgehead atoms. The van der Waals surface area contributed by atoms with Crippen molar-refractivity contribution < 1.29 is 19.7 Å². The first-order chi connectivity index (χ1) is 11.3. The van der Waals surface area contributed by atoms with E-state index in [0.717, 1.165) is 38.4 Å². The first-order valence-corrected chi connectivity index (χ1v) is 8.20. The van der Waals surface area contributed by atoms with Crippen molar-refractivity contribution in [1.82, 2.24) is 25.1 Å². The molecule has 9 heteroatoms. The molecule has 2 saturated heterocycles. The number of morpholine rings is 1. The number of aliphatic hydroxyl groups is 2. The van der Waals surface area contributed by atoms with Gasteiger partial charge in [-0.1, -0.05) is 0 Å². The van der Waals surface area contributed by atoms with Crippen LogP contribution in [-0.2, 0) is 22.6 Å².